The maximum atomic E-state index is 12.7. The topological polar surface area (TPSA) is 73.0 Å². The smallest absolute Gasteiger partial charge is 0.317 e. The lowest BCUT2D eigenvalue weighted by Gasteiger charge is -2.37. The molecule has 1 saturated carbocycles. The molecule has 2 saturated heterocycles. The number of carbonyl (C=O) groups is 3. The van der Waals surface area contributed by atoms with Gasteiger partial charge in [0.25, 0.3) is 0 Å². The summed E-state index contributed by atoms with van der Waals surface area (Å²) in [6, 6.07) is 0.319. The Morgan fingerprint density at radius 2 is 1.69 bits per heavy atom. The summed E-state index contributed by atoms with van der Waals surface area (Å²) in [7, 11) is 0. The minimum absolute atomic E-state index is 0.00849. The van der Waals surface area contributed by atoms with E-state index in [0.29, 0.717) is 45.2 Å². The van der Waals surface area contributed by atoms with E-state index >= 15 is 0 Å². The Labute approximate surface area is 156 Å². The van der Waals surface area contributed by atoms with Gasteiger partial charge in [-0.05, 0) is 19.3 Å². The van der Waals surface area contributed by atoms with Gasteiger partial charge in [-0.1, -0.05) is 26.2 Å². The van der Waals surface area contributed by atoms with Gasteiger partial charge in [-0.15, -0.1) is 0 Å². The number of hydrogen-bond acceptors (Lipinski definition) is 3. The van der Waals surface area contributed by atoms with Crippen LogP contribution >= 0.6 is 0 Å². The number of rotatable bonds is 4. The highest BCUT2D eigenvalue weighted by molar-refractivity contribution is 5.89. The molecule has 0 aromatic rings. The molecule has 4 amide bonds. The lowest BCUT2D eigenvalue weighted by Crippen LogP contribution is -2.55. The molecule has 2 heterocycles. The third-order valence-corrected chi connectivity index (χ3v) is 5.87. The van der Waals surface area contributed by atoms with Crippen molar-refractivity contribution in [2.24, 2.45) is 5.92 Å². The van der Waals surface area contributed by atoms with Crippen LogP contribution in [-0.4, -0.2) is 77.9 Å². The molecule has 0 aromatic carbocycles. The molecule has 26 heavy (non-hydrogen) atoms. The summed E-state index contributed by atoms with van der Waals surface area (Å²) in [6.07, 6.45) is 7.07. The molecule has 1 N–H and O–H groups in total. The van der Waals surface area contributed by atoms with Gasteiger partial charge in [0.05, 0.1) is 5.92 Å². The molecule has 0 radical (unpaired) electrons. The average molecular weight is 364 g/mol. The van der Waals surface area contributed by atoms with Crippen molar-refractivity contribution < 1.29 is 14.4 Å². The Kier molecular flexibility index (Phi) is 6.38. The molecule has 3 fully saturated rings. The number of carbonyl (C=O) groups excluding carboxylic acids is 3. The molecule has 7 nitrogen and oxygen atoms in total. The first-order valence-electron chi connectivity index (χ1n) is 10.2. The predicted molar refractivity (Wildman–Crippen MR) is 98.5 cm³/mol. The van der Waals surface area contributed by atoms with Crippen LogP contribution in [0.15, 0.2) is 0 Å². The fourth-order valence-electron chi connectivity index (χ4n) is 4.32. The molecule has 1 aliphatic carbocycles. The van der Waals surface area contributed by atoms with Crippen LogP contribution in [0.5, 0.6) is 0 Å². The molecular weight excluding hydrogens is 332 g/mol. The van der Waals surface area contributed by atoms with E-state index in [1.54, 1.807) is 4.90 Å². The van der Waals surface area contributed by atoms with E-state index in [9.17, 15) is 14.4 Å². The highest BCUT2D eigenvalue weighted by Gasteiger charge is 2.37. The highest BCUT2D eigenvalue weighted by atomic mass is 16.2. The monoisotopic (exact) mass is 364 g/mol. The molecule has 0 bridgehead atoms. The zero-order chi connectivity index (χ0) is 18.5. The zero-order valence-corrected chi connectivity index (χ0v) is 15.9. The molecular formula is C19H32N4O3. The van der Waals surface area contributed by atoms with Crippen LogP contribution < -0.4 is 5.32 Å². The number of nitrogens with zero attached hydrogens (tertiary/aromatic N) is 3. The van der Waals surface area contributed by atoms with Gasteiger partial charge < -0.3 is 20.0 Å². The Morgan fingerprint density at radius 3 is 2.35 bits per heavy atom. The van der Waals surface area contributed by atoms with E-state index in [0.717, 1.165) is 25.8 Å². The molecule has 2 aliphatic heterocycles. The van der Waals surface area contributed by atoms with Crippen molar-refractivity contribution in [3.63, 3.8) is 0 Å². The molecule has 0 spiro atoms. The summed E-state index contributed by atoms with van der Waals surface area (Å²) in [5.74, 6) is -0.0448. The minimum atomic E-state index is -0.211. The summed E-state index contributed by atoms with van der Waals surface area (Å²) >= 11 is 0. The number of hydrogen-bond donors (Lipinski definition) is 1. The fourth-order valence-corrected chi connectivity index (χ4v) is 4.32. The second-order valence-corrected chi connectivity index (χ2v) is 7.84. The van der Waals surface area contributed by atoms with Crippen LogP contribution in [0.2, 0.25) is 0 Å². The molecule has 0 aromatic heterocycles. The van der Waals surface area contributed by atoms with E-state index in [2.05, 4.69) is 5.32 Å². The van der Waals surface area contributed by atoms with Gasteiger partial charge in [0.2, 0.25) is 11.8 Å². The van der Waals surface area contributed by atoms with E-state index < -0.39 is 0 Å². The van der Waals surface area contributed by atoms with Crippen LogP contribution in [0.25, 0.3) is 0 Å². The second kappa shape index (κ2) is 8.73. The van der Waals surface area contributed by atoms with Gasteiger partial charge in [-0.3, -0.25) is 9.59 Å². The van der Waals surface area contributed by atoms with Gasteiger partial charge >= 0.3 is 6.03 Å². The third kappa shape index (κ3) is 4.48. The predicted octanol–water partition coefficient (Wildman–Crippen LogP) is 1.43. The van der Waals surface area contributed by atoms with Gasteiger partial charge in [-0.2, -0.15) is 0 Å². The maximum absolute atomic E-state index is 12.7. The summed E-state index contributed by atoms with van der Waals surface area (Å²) in [4.78, 5) is 42.6. The van der Waals surface area contributed by atoms with Crippen LogP contribution in [0.1, 0.15) is 51.9 Å². The first kappa shape index (κ1) is 19.0. The van der Waals surface area contributed by atoms with Crippen molar-refractivity contribution in [2.75, 3.05) is 39.3 Å². The average Bonchev–Trinajstić information content (AvgIpc) is 3.03. The van der Waals surface area contributed by atoms with Crippen LogP contribution in [0, 0.1) is 5.92 Å². The van der Waals surface area contributed by atoms with Crippen molar-refractivity contribution in [2.45, 2.75) is 57.9 Å². The van der Waals surface area contributed by atoms with E-state index in [1.165, 1.54) is 19.3 Å². The number of amides is 4. The number of piperazine rings is 1. The Balaban J connectivity index is 1.43. The van der Waals surface area contributed by atoms with Gasteiger partial charge in [0, 0.05) is 51.7 Å². The Hall–Kier alpha value is -1.79. The molecule has 3 aliphatic rings. The molecule has 7 heteroatoms. The zero-order valence-electron chi connectivity index (χ0n) is 15.9. The molecule has 146 valence electrons. The van der Waals surface area contributed by atoms with Gasteiger partial charge in [0.15, 0.2) is 0 Å². The summed E-state index contributed by atoms with van der Waals surface area (Å²) < 4.78 is 0. The highest BCUT2D eigenvalue weighted by Crippen LogP contribution is 2.21. The number of urea groups is 1. The maximum Gasteiger partial charge on any atom is 0.317 e. The van der Waals surface area contributed by atoms with Crippen LogP contribution in [-0.2, 0) is 9.59 Å². The van der Waals surface area contributed by atoms with Crippen molar-refractivity contribution >= 4 is 17.8 Å². The van der Waals surface area contributed by atoms with Crippen LogP contribution in [0.4, 0.5) is 4.79 Å². The number of nitrogens with one attached hydrogen (secondary N) is 1. The SMILES string of the molecule is CCCN1CC(C(=O)N2CCN(C(=O)NC3CCCCC3)CC2)CC1=O. The van der Waals surface area contributed by atoms with Gasteiger partial charge in [-0.25, -0.2) is 4.79 Å². The molecule has 1 unspecified atom stereocenters. The summed E-state index contributed by atoms with van der Waals surface area (Å²) in [5.41, 5.74) is 0. The lowest BCUT2D eigenvalue weighted by atomic mass is 9.96. The normalized spacial score (nSPS) is 24.9. The lowest BCUT2D eigenvalue weighted by molar-refractivity contribution is -0.137. The van der Waals surface area contributed by atoms with E-state index in [1.807, 2.05) is 16.7 Å². The molecule has 3 rings (SSSR count). The van der Waals surface area contributed by atoms with Crippen molar-refractivity contribution in [1.29, 1.82) is 0 Å². The third-order valence-electron chi connectivity index (χ3n) is 5.87. The van der Waals surface area contributed by atoms with Crippen molar-refractivity contribution in [1.82, 2.24) is 20.0 Å². The quantitative estimate of drug-likeness (QED) is 0.820. The largest absolute Gasteiger partial charge is 0.342 e. The van der Waals surface area contributed by atoms with E-state index in [-0.39, 0.29) is 23.8 Å². The fraction of sp³-hybridized carbons (Fsp3) is 0.842. The van der Waals surface area contributed by atoms with Crippen LogP contribution in [0.3, 0.4) is 0 Å². The van der Waals surface area contributed by atoms with Crippen molar-refractivity contribution in [3.05, 3.63) is 0 Å². The Morgan fingerprint density at radius 1 is 1.04 bits per heavy atom. The minimum Gasteiger partial charge on any atom is -0.342 e. The Bertz CT molecular complexity index is 525. The van der Waals surface area contributed by atoms with Crippen molar-refractivity contribution in [3.8, 4) is 0 Å². The number of likely N-dealkylation sites (tertiary alicyclic amines) is 1. The summed E-state index contributed by atoms with van der Waals surface area (Å²) in [5, 5.41) is 3.15. The first-order chi connectivity index (χ1) is 12.6. The molecule has 1 atom stereocenters. The van der Waals surface area contributed by atoms with Gasteiger partial charge in [0.1, 0.15) is 0 Å². The van der Waals surface area contributed by atoms with E-state index in [4.69, 9.17) is 0 Å². The standard InChI is InChI=1S/C19H32N4O3/c1-2-8-23-14-15(13-17(23)24)18(25)21-9-11-22(12-10-21)19(26)20-16-6-4-3-5-7-16/h15-16H,2-14H2,1H3,(H,20,26). The summed E-state index contributed by atoms with van der Waals surface area (Å²) in [6.45, 7) is 5.60. The first-order valence-corrected chi connectivity index (χ1v) is 10.2. The second-order valence-electron chi connectivity index (χ2n) is 7.84.